The summed E-state index contributed by atoms with van der Waals surface area (Å²) in [6.07, 6.45) is 0.730. The van der Waals surface area contributed by atoms with E-state index in [0.717, 1.165) is 13.0 Å². The van der Waals surface area contributed by atoms with E-state index in [0.29, 0.717) is 36.2 Å². The standard InChI is InChI=1S/C13H18Cl2N2O3S/c14-11-8-12(15)10-13(9-11)21(19,20)17-3-1-2-16(4-5-17)6-7-18/h8-10,18H,1-7H2. The fraction of sp³-hybridized carbons (Fsp3) is 0.538. The lowest BCUT2D eigenvalue weighted by atomic mass is 10.4. The molecule has 2 rings (SSSR count). The summed E-state index contributed by atoms with van der Waals surface area (Å²) in [4.78, 5) is 2.18. The molecule has 0 saturated carbocycles. The van der Waals surface area contributed by atoms with Crippen LogP contribution >= 0.6 is 23.2 Å². The Labute approximate surface area is 135 Å². The summed E-state index contributed by atoms with van der Waals surface area (Å²) in [6.45, 7) is 2.88. The van der Waals surface area contributed by atoms with E-state index >= 15 is 0 Å². The van der Waals surface area contributed by atoms with Crippen molar-refractivity contribution in [3.8, 4) is 0 Å². The van der Waals surface area contributed by atoms with Crippen LogP contribution in [0.25, 0.3) is 0 Å². The molecule has 118 valence electrons. The molecule has 1 saturated heterocycles. The zero-order valence-electron chi connectivity index (χ0n) is 11.5. The summed E-state index contributed by atoms with van der Waals surface area (Å²) in [5, 5.41) is 9.58. The Balaban J connectivity index is 2.19. The van der Waals surface area contributed by atoms with E-state index < -0.39 is 10.0 Å². The predicted octanol–water partition coefficient (Wildman–Crippen LogP) is 1.68. The van der Waals surface area contributed by atoms with Gasteiger partial charge in [0.1, 0.15) is 0 Å². The molecule has 0 unspecified atom stereocenters. The lowest BCUT2D eigenvalue weighted by Gasteiger charge is -2.21. The van der Waals surface area contributed by atoms with Gasteiger partial charge in [-0.2, -0.15) is 4.31 Å². The van der Waals surface area contributed by atoms with E-state index in [2.05, 4.69) is 4.90 Å². The van der Waals surface area contributed by atoms with Gasteiger partial charge in [0.2, 0.25) is 10.0 Å². The molecule has 1 fully saturated rings. The molecule has 5 nitrogen and oxygen atoms in total. The molecule has 1 aromatic rings. The molecular weight excluding hydrogens is 335 g/mol. The van der Waals surface area contributed by atoms with Gasteiger partial charge in [-0.25, -0.2) is 8.42 Å². The van der Waals surface area contributed by atoms with E-state index in [1.807, 2.05) is 0 Å². The van der Waals surface area contributed by atoms with Gasteiger partial charge in [-0.05, 0) is 31.2 Å². The number of benzene rings is 1. The van der Waals surface area contributed by atoms with Crippen LogP contribution < -0.4 is 0 Å². The van der Waals surface area contributed by atoms with Gasteiger partial charge in [0, 0.05) is 36.2 Å². The summed E-state index contributed by atoms with van der Waals surface area (Å²) in [6, 6.07) is 4.34. The van der Waals surface area contributed by atoms with Crippen molar-refractivity contribution in [1.82, 2.24) is 9.21 Å². The zero-order chi connectivity index (χ0) is 15.5. The highest BCUT2D eigenvalue weighted by atomic mass is 35.5. The van der Waals surface area contributed by atoms with Crippen LogP contribution in [-0.2, 0) is 10.0 Å². The van der Waals surface area contributed by atoms with E-state index in [4.69, 9.17) is 28.3 Å². The fourth-order valence-corrected chi connectivity index (χ4v) is 4.58. The first-order valence-electron chi connectivity index (χ1n) is 6.73. The van der Waals surface area contributed by atoms with Crippen LogP contribution in [0.3, 0.4) is 0 Å². The molecule has 0 spiro atoms. The van der Waals surface area contributed by atoms with Crippen molar-refractivity contribution < 1.29 is 13.5 Å². The van der Waals surface area contributed by atoms with Gasteiger partial charge in [0.25, 0.3) is 0 Å². The number of sulfonamides is 1. The lowest BCUT2D eigenvalue weighted by Crippen LogP contribution is -2.35. The van der Waals surface area contributed by atoms with Crippen LogP contribution in [0.1, 0.15) is 6.42 Å². The quantitative estimate of drug-likeness (QED) is 0.895. The monoisotopic (exact) mass is 352 g/mol. The Morgan fingerprint density at radius 2 is 1.71 bits per heavy atom. The maximum Gasteiger partial charge on any atom is 0.243 e. The molecule has 0 atom stereocenters. The number of β-amino-alcohol motifs (C(OH)–C–C–N with tert-alkyl or cyclic N) is 1. The van der Waals surface area contributed by atoms with Crippen molar-refractivity contribution in [2.75, 3.05) is 39.3 Å². The molecule has 21 heavy (non-hydrogen) atoms. The average molecular weight is 353 g/mol. The van der Waals surface area contributed by atoms with Gasteiger partial charge < -0.3 is 5.11 Å². The molecule has 1 N–H and O–H groups in total. The second-order valence-corrected chi connectivity index (χ2v) is 7.74. The number of hydrogen-bond donors (Lipinski definition) is 1. The van der Waals surface area contributed by atoms with Crippen LogP contribution in [0, 0.1) is 0 Å². The Morgan fingerprint density at radius 1 is 1.05 bits per heavy atom. The maximum atomic E-state index is 12.6. The van der Waals surface area contributed by atoms with Gasteiger partial charge in [0.05, 0.1) is 11.5 Å². The average Bonchev–Trinajstić information content (AvgIpc) is 2.64. The summed E-state index contributed by atoms with van der Waals surface area (Å²) in [5.74, 6) is 0. The largest absolute Gasteiger partial charge is 0.395 e. The normalized spacial score (nSPS) is 18.6. The number of halogens is 2. The fourth-order valence-electron chi connectivity index (χ4n) is 2.38. The van der Waals surface area contributed by atoms with Crippen molar-refractivity contribution in [3.63, 3.8) is 0 Å². The van der Waals surface area contributed by atoms with Crippen LogP contribution in [0.4, 0.5) is 0 Å². The van der Waals surface area contributed by atoms with Crippen molar-refractivity contribution in [3.05, 3.63) is 28.2 Å². The smallest absolute Gasteiger partial charge is 0.243 e. The second kappa shape index (κ2) is 7.26. The Morgan fingerprint density at radius 3 is 2.33 bits per heavy atom. The van der Waals surface area contributed by atoms with Gasteiger partial charge in [-0.3, -0.25) is 4.90 Å². The Hall–Kier alpha value is -0.370. The maximum absolute atomic E-state index is 12.6. The number of aliphatic hydroxyl groups is 1. The summed E-state index contributed by atoms with van der Waals surface area (Å²) < 4.78 is 26.8. The molecule has 0 radical (unpaired) electrons. The summed E-state index contributed by atoms with van der Waals surface area (Å²) >= 11 is 11.8. The molecule has 1 heterocycles. The van der Waals surface area contributed by atoms with Gasteiger partial charge in [-0.15, -0.1) is 0 Å². The lowest BCUT2D eigenvalue weighted by molar-refractivity contribution is 0.202. The van der Waals surface area contributed by atoms with E-state index in [-0.39, 0.29) is 11.5 Å². The van der Waals surface area contributed by atoms with E-state index in [1.54, 1.807) is 0 Å². The Bertz CT molecular complexity index is 575. The second-order valence-electron chi connectivity index (χ2n) is 4.93. The minimum Gasteiger partial charge on any atom is -0.395 e. The molecular formula is C13H18Cl2N2O3S. The molecule has 1 aliphatic rings. The molecule has 0 amide bonds. The Kier molecular flexibility index (Phi) is 5.88. The molecule has 0 aromatic heterocycles. The van der Waals surface area contributed by atoms with Gasteiger partial charge >= 0.3 is 0 Å². The summed E-state index contributed by atoms with van der Waals surface area (Å²) in [7, 11) is -3.59. The number of rotatable bonds is 4. The van der Waals surface area contributed by atoms with Crippen LogP contribution in [0.5, 0.6) is 0 Å². The zero-order valence-corrected chi connectivity index (χ0v) is 13.8. The van der Waals surface area contributed by atoms with Crippen molar-refractivity contribution in [1.29, 1.82) is 0 Å². The van der Waals surface area contributed by atoms with Crippen LogP contribution in [0.15, 0.2) is 23.1 Å². The SMILES string of the molecule is O=S(=O)(c1cc(Cl)cc(Cl)c1)N1CCCN(CCO)CC1. The number of nitrogens with zero attached hydrogens (tertiary/aromatic N) is 2. The topological polar surface area (TPSA) is 60.9 Å². The van der Waals surface area contributed by atoms with Crippen molar-refractivity contribution in [2.45, 2.75) is 11.3 Å². The molecule has 1 aromatic carbocycles. The van der Waals surface area contributed by atoms with Crippen LogP contribution in [-0.4, -0.2) is 62.1 Å². The van der Waals surface area contributed by atoms with Crippen molar-refractivity contribution >= 4 is 33.2 Å². The van der Waals surface area contributed by atoms with E-state index in [1.165, 1.54) is 22.5 Å². The molecule has 1 aliphatic heterocycles. The minimum atomic E-state index is -3.59. The molecule has 0 aliphatic carbocycles. The third-order valence-corrected chi connectivity index (χ3v) is 5.75. The first kappa shape index (κ1) is 17.0. The molecule has 8 heteroatoms. The highest BCUT2D eigenvalue weighted by Crippen LogP contribution is 2.25. The third kappa shape index (κ3) is 4.31. The first-order valence-corrected chi connectivity index (χ1v) is 8.92. The van der Waals surface area contributed by atoms with Gasteiger partial charge in [0.15, 0.2) is 0 Å². The third-order valence-electron chi connectivity index (χ3n) is 3.44. The minimum absolute atomic E-state index is 0.0800. The number of hydrogen-bond acceptors (Lipinski definition) is 4. The predicted molar refractivity (Wildman–Crippen MR) is 83.4 cm³/mol. The van der Waals surface area contributed by atoms with Crippen LogP contribution in [0.2, 0.25) is 10.0 Å². The van der Waals surface area contributed by atoms with Gasteiger partial charge in [-0.1, -0.05) is 23.2 Å². The molecule has 0 bridgehead atoms. The first-order chi connectivity index (χ1) is 9.93. The van der Waals surface area contributed by atoms with Crippen molar-refractivity contribution in [2.24, 2.45) is 0 Å². The highest BCUT2D eigenvalue weighted by molar-refractivity contribution is 7.89. The van der Waals surface area contributed by atoms with E-state index in [9.17, 15) is 8.42 Å². The number of aliphatic hydroxyl groups excluding tert-OH is 1. The highest BCUT2D eigenvalue weighted by Gasteiger charge is 2.27. The summed E-state index contributed by atoms with van der Waals surface area (Å²) in [5.41, 5.74) is 0.